The molecular weight excluding hydrogens is 292 g/mol. The Morgan fingerprint density at radius 2 is 1.59 bits per heavy atom. The van der Waals surface area contributed by atoms with Crippen LogP contribution in [0.15, 0.2) is 36.9 Å². The third-order valence-corrected chi connectivity index (χ3v) is 2.21. The van der Waals surface area contributed by atoms with E-state index in [1.807, 2.05) is 0 Å². The van der Waals surface area contributed by atoms with Crippen LogP contribution in [-0.4, -0.2) is 41.3 Å². The monoisotopic (exact) mass is 310 g/mol. The average Bonchev–Trinajstić information content (AvgIpc) is 2.57. The van der Waals surface area contributed by atoms with Crippen LogP contribution in [0.3, 0.4) is 0 Å². The lowest BCUT2D eigenvalue weighted by Gasteiger charge is -1.99. The van der Waals surface area contributed by atoms with Crippen molar-refractivity contribution in [2.24, 2.45) is 0 Å². The molecule has 3 N–H and O–H groups in total. The number of hydrogen-bond acceptors (Lipinski definition) is 8. The summed E-state index contributed by atoms with van der Waals surface area (Å²) in [4.78, 5) is 17.1. The summed E-state index contributed by atoms with van der Waals surface area (Å²) in [7, 11) is 3.95. The van der Waals surface area contributed by atoms with E-state index >= 15 is 0 Å². The standard InChI is InChI=1S/C6H6N2O3.C6H8N2O.CH4O/c1-11-6-2-3-7-4-5(6)8(9)10;1-9-6-2-3-8-4-5(6)7;1-2/h2-4H,1H3;2-4H,7H2,1H3;2H,1H3. The molecule has 0 spiro atoms. The van der Waals surface area contributed by atoms with Crippen LogP contribution in [0.4, 0.5) is 11.4 Å². The van der Waals surface area contributed by atoms with Gasteiger partial charge in [-0.15, -0.1) is 0 Å². The van der Waals surface area contributed by atoms with E-state index in [4.69, 9.17) is 20.3 Å². The summed E-state index contributed by atoms with van der Waals surface area (Å²) in [6, 6.07) is 3.16. The highest BCUT2D eigenvalue weighted by molar-refractivity contribution is 5.49. The molecule has 0 aliphatic heterocycles. The van der Waals surface area contributed by atoms with Crippen LogP contribution in [0, 0.1) is 10.1 Å². The van der Waals surface area contributed by atoms with Crippen molar-refractivity contribution in [1.29, 1.82) is 0 Å². The number of nitrogens with zero attached hydrogens (tertiary/aromatic N) is 3. The van der Waals surface area contributed by atoms with Gasteiger partial charge in [-0.1, -0.05) is 0 Å². The SMILES string of the molecule is CO.COc1ccncc1N.COc1ccncc1[N+](=O)[O-]. The van der Waals surface area contributed by atoms with E-state index in [9.17, 15) is 10.1 Å². The lowest BCUT2D eigenvalue weighted by atomic mass is 10.4. The molecule has 0 aliphatic carbocycles. The zero-order chi connectivity index (χ0) is 17.0. The van der Waals surface area contributed by atoms with Crippen LogP contribution < -0.4 is 15.2 Å². The minimum absolute atomic E-state index is 0.116. The molecule has 2 aromatic heterocycles. The molecule has 9 nitrogen and oxygen atoms in total. The smallest absolute Gasteiger partial charge is 0.328 e. The second-order valence-corrected chi connectivity index (χ2v) is 3.42. The first-order chi connectivity index (χ1) is 10.6. The first kappa shape index (κ1) is 19.1. The number of ether oxygens (including phenoxy) is 2. The Morgan fingerprint density at radius 3 is 1.95 bits per heavy atom. The summed E-state index contributed by atoms with van der Waals surface area (Å²) in [6.45, 7) is 0. The Hall–Kier alpha value is -2.94. The minimum atomic E-state index is -0.536. The number of aliphatic hydroxyl groups excluding tert-OH is 1. The van der Waals surface area contributed by atoms with E-state index in [-0.39, 0.29) is 11.4 Å². The molecule has 0 aromatic carbocycles. The molecule has 0 bridgehead atoms. The maximum Gasteiger partial charge on any atom is 0.328 e. The van der Waals surface area contributed by atoms with Crippen LogP contribution in [0.2, 0.25) is 0 Å². The van der Waals surface area contributed by atoms with Crippen LogP contribution in [0.1, 0.15) is 0 Å². The fourth-order valence-electron chi connectivity index (χ4n) is 1.26. The summed E-state index contributed by atoms with van der Waals surface area (Å²) in [6.07, 6.45) is 5.78. The fourth-order valence-corrected chi connectivity index (χ4v) is 1.26. The molecule has 0 unspecified atom stereocenters. The van der Waals surface area contributed by atoms with Crippen molar-refractivity contribution in [2.75, 3.05) is 27.1 Å². The van der Waals surface area contributed by atoms with E-state index < -0.39 is 4.92 Å². The van der Waals surface area contributed by atoms with Crippen molar-refractivity contribution in [1.82, 2.24) is 9.97 Å². The molecular formula is C13H18N4O5. The van der Waals surface area contributed by atoms with Crippen molar-refractivity contribution in [2.45, 2.75) is 0 Å². The Balaban J connectivity index is 0.000000366. The minimum Gasteiger partial charge on any atom is -0.494 e. The summed E-state index contributed by atoms with van der Waals surface area (Å²) >= 11 is 0. The highest BCUT2D eigenvalue weighted by Gasteiger charge is 2.12. The molecule has 0 fully saturated rings. The van der Waals surface area contributed by atoms with Crippen molar-refractivity contribution in [3.05, 3.63) is 47.0 Å². The van der Waals surface area contributed by atoms with Crippen LogP contribution in [-0.2, 0) is 0 Å². The van der Waals surface area contributed by atoms with Gasteiger partial charge < -0.3 is 20.3 Å². The highest BCUT2D eigenvalue weighted by atomic mass is 16.6. The number of nitrogens with two attached hydrogens (primary N) is 1. The molecule has 120 valence electrons. The number of aromatic nitrogens is 2. The molecule has 9 heteroatoms. The van der Waals surface area contributed by atoms with Crippen LogP contribution >= 0.6 is 0 Å². The zero-order valence-electron chi connectivity index (χ0n) is 12.5. The predicted octanol–water partition coefficient (Wildman–Crippen LogP) is 1.28. The Labute approximate surface area is 127 Å². The molecule has 2 rings (SSSR count). The van der Waals surface area contributed by atoms with E-state index in [2.05, 4.69) is 9.97 Å². The highest BCUT2D eigenvalue weighted by Crippen LogP contribution is 2.23. The Morgan fingerprint density at radius 1 is 1.09 bits per heavy atom. The molecule has 0 amide bonds. The summed E-state index contributed by atoms with van der Waals surface area (Å²) < 4.78 is 9.60. The largest absolute Gasteiger partial charge is 0.494 e. The summed E-state index contributed by atoms with van der Waals surface area (Å²) in [5.74, 6) is 0.898. The maximum absolute atomic E-state index is 10.3. The van der Waals surface area contributed by atoms with E-state index in [1.54, 1.807) is 25.6 Å². The molecule has 2 heterocycles. The number of anilines is 1. The van der Waals surface area contributed by atoms with Gasteiger partial charge in [0.05, 0.1) is 31.0 Å². The number of nitrogen functional groups attached to an aromatic ring is 1. The second kappa shape index (κ2) is 10.8. The van der Waals surface area contributed by atoms with Crippen molar-refractivity contribution < 1.29 is 19.5 Å². The second-order valence-electron chi connectivity index (χ2n) is 3.42. The van der Waals surface area contributed by atoms with Gasteiger partial charge in [0.2, 0.25) is 0 Å². The van der Waals surface area contributed by atoms with Gasteiger partial charge in [-0.05, 0) is 0 Å². The van der Waals surface area contributed by atoms with Gasteiger partial charge in [0.15, 0.2) is 5.75 Å². The Bertz CT molecular complexity index is 580. The van der Waals surface area contributed by atoms with Gasteiger partial charge in [-0.3, -0.25) is 20.1 Å². The third-order valence-electron chi connectivity index (χ3n) is 2.21. The van der Waals surface area contributed by atoms with Crippen LogP contribution in [0.25, 0.3) is 0 Å². The summed E-state index contributed by atoms with van der Waals surface area (Å²) in [5, 5.41) is 17.3. The molecule has 0 saturated heterocycles. The van der Waals surface area contributed by atoms with Crippen molar-refractivity contribution in [3.8, 4) is 11.5 Å². The Kier molecular flexibility index (Phi) is 9.36. The van der Waals surface area contributed by atoms with Gasteiger partial charge in [0.25, 0.3) is 0 Å². The normalized spacial score (nSPS) is 8.55. The van der Waals surface area contributed by atoms with Gasteiger partial charge >= 0.3 is 5.69 Å². The average molecular weight is 310 g/mol. The van der Waals surface area contributed by atoms with Gasteiger partial charge in [-0.25, -0.2) is 0 Å². The number of pyridine rings is 2. The lowest BCUT2D eigenvalue weighted by molar-refractivity contribution is -0.386. The molecule has 0 atom stereocenters. The molecule has 0 aliphatic rings. The summed E-state index contributed by atoms with van der Waals surface area (Å²) in [5.41, 5.74) is 5.90. The van der Waals surface area contributed by atoms with Crippen molar-refractivity contribution >= 4 is 11.4 Å². The fraction of sp³-hybridized carbons (Fsp3) is 0.231. The first-order valence-corrected chi connectivity index (χ1v) is 5.90. The van der Waals surface area contributed by atoms with E-state index in [0.717, 1.165) is 13.3 Å². The number of rotatable bonds is 3. The number of aliphatic hydroxyl groups is 1. The number of methoxy groups -OCH3 is 2. The topological polar surface area (TPSA) is 134 Å². The maximum atomic E-state index is 10.3. The molecule has 22 heavy (non-hydrogen) atoms. The number of hydrogen-bond donors (Lipinski definition) is 2. The van der Waals surface area contributed by atoms with Gasteiger partial charge in [0.1, 0.15) is 11.9 Å². The van der Waals surface area contributed by atoms with Crippen LogP contribution in [0.5, 0.6) is 11.5 Å². The quantitative estimate of drug-likeness (QED) is 0.639. The van der Waals surface area contributed by atoms with E-state index in [1.165, 1.54) is 19.4 Å². The first-order valence-electron chi connectivity index (χ1n) is 5.90. The van der Waals surface area contributed by atoms with Crippen molar-refractivity contribution in [3.63, 3.8) is 0 Å². The molecule has 2 aromatic rings. The van der Waals surface area contributed by atoms with Gasteiger partial charge in [0, 0.05) is 31.6 Å². The van der Waals surface area contributed by atoms with Gasteiger partial charge in [-0.2, -0.15) is 0 Å². The predicted molar refractivity (Wildman–Crippen MR) is 80.8 cm³/mol. The molecule has 0 radical (unpaired) electrons. The third kappa shape index (κ3) is 6.01. The lowest BCUT2D eigenvalue weighted by Crippen LogP contribution is -1.93. The van der Waals surface area contributed by atoms with E-state index in [0.29, 0.717) is 11.4 Å². The molecule has 0 saturated carbocycles. The number of nitro groups is 1. The zero-order valence-corrected chi connectivity index (χ0v) is 12.5.